The SMILES string of the molecule is CCOC(=O)C1=C(c2ccccc2)N=c2s/c(=C/c3cc([N+](=O)[O-])ccc3Sc3ncccn3)c(=O)n2[C@H]1c1cccc(OC)c1. The van der Waals surface area contributed by atoms with Gasteiger partial charge in [-0.15, -0.1) is 0 Å². The van der Waals surface area contributed by atoms with Crippen LogP contribution >= 0.6 is 23.1 Å². The zero-order valence-electron chi connectivity index (χ0n) is 24.5. The first-order valence-electron chi connectivity index (χ1n) is 14.0. The molecule has 3 heterocycles. The van der Waals surface area contributed by atoms with E-state index >= 15 is 0 Å². The van der Waals surface area contributed by atoms with Crippen LogP contribution in [0.1, 0.15) is 29.7 Å². The Labute approximate surface area is 270 Å². The highest BCUT2D eigenvalue weighted by atomic mass is 32.2. The van der Waals surface area contributed by atoms with Crippen LogP contribution in [0.15, 0.2) is 117 Å². The molecule has 0 amide bonds. The number of non-ortho nitro benzene ring substituents is 1. The number of esters is 1. The Balaban J connectivity index is 1.62. The van der Waals surface area contributed by atoms with Crippen molar-refractivity contribution in [3.05, 3.63) is 143 Å². The largest absolute Gasteiger partial charge is 0.497 e. The van der Waals surface area contributed by atoms with Crippen molar-refractivity contribution in [2.75, 3.05) is 13.7 Å². The van der Waals surface area contributed by atoms with E-state index in [0.717, 1.165) is 11.3 Å². The molecular weight excluding hydrogens is 627 g/mol. The standard InChI is InChI=1S/C33H25N5O6S2/c1-3-44-31(40)27-28(20-9-5-4-6-10-20)36-33-37(29(27)21-11-7-12-24(18-21)43-2)30(39)26(46-33)19-22-17-23(38(41)42)13-14-25(22)45-32-34-15-8-16-35-32/h4-19,29H,3H2,1-2H3/b26-19+/t29-/m0/s1. The minimum Gasteiger partial charge on any atom is -0.497 e. The molecule has 0 saturated carbocycles. The van der Waals surface area contributed by atoms with E-state index in [2.05, 4.69) is 9.97 Å². The van der Waals surface area contributed by atoms with Crippen LogP contribution in [-0.4, -0.2) is 39.1 Å². The Bertz CT molecular complexity index is 2160. The lowest BCUT2D eigenvalue weighted by Crippen LogP contribution is -2.40. The third-order valence-corrected chi connectivity index (χ3v) is 8.99. The number of nitro benzene ring substituents is 1. The third kappa shape index (κ3) is 6.10. The summed E-state index contributed by atoms with van der Waals surface area (Å²) in [5, 5.41) is 12.1. The number of aromatic nitrogens is 3. The average Bonchev–Trinajstić information content (AvgIpc) is 3.39. The van der Waals surface area contributed by atoms with Crippen molar-refractivity contribution in [2.45, 2.75) is 23.0 Å². The summed E-state index contributed by atoms with van der Waals surface area (Å²) >= 11 is 2.34. The molecule has 13 heteroatoms. The number of nitrogens with zero attached hydrogens (tertiary/aromatic N) is 5. The molecule has 6 rings (SSSR count). The number of thiazole rings is 1. The molecule has 0 fully saturated rings. The second kappa shape index (κ2) is 13.3. The summed E-state index contributed by atoms with van der Waals surface area (Å²) < 4.78 is 12.7. The molecular formula is C33H25N5O6S2. The third-order valence-electron chi connectivity index (χ3n) is 7.02. The van der Waals surface area contributed by atoms with Gasteiger partial charge in [-0.25, -0.2) is 19.8 Å². The van der Waals surface area contributed by atoms with E-state index in [1.807, 2.05) is 36.4 Å². The minimum absolute atomic E-state index is 0.123. The quantitative estimate of drug-likeness (QED) is 0.0953. The second-order valence-corrected chi connectivity index (χ2v) is 11.8. The minimum atomic E-state index is -0.903. The summed E-state index contributed by atoms with van der Waals surface area (Å²) in [5.41, 5.74) is 1.75. The maximum Gasteiger partial charge on any atom is 0.338 e. The predicted molar refractivity (Wildman–Crippen MR) is 173 cm³/mol. The molecule has 0 N–H and O–H groups in total. The summed E-state index contributed by atoms with van der Waals surface area (Å²) in [6, 6.07) is 21.6. The van der Waals surface area contributed by atoms with Crippen LogP contribution in [0.2, 0.25) is 0 Å². The number of carbonyl (C=O) groups is 1. The summed E-state index contributed by atoms with van der Waals surface area (Å²) in [5.74, 6) is -0.0603. The number of rotatable bonds is 9. The van der Waals surface area contributed by atoms with Gasteiger partial charge in [0.25, 0.3) is 11.2 Å². The molecule has 1 atom stereocenters. The Hall–Kier alpha value is -5.40. The van der Waals surface area contributed by atoms with Crippen LogP contribution in [0.3, 0.4) is 0 Å². The Morgan fingerprint density at radius 2 is 1.85 bits per heavy atom. The van der Waals surface area contributed by atoms with Crippen molar-refractivity contribution in [3.8, 4) is 5.75 Å². The molecule has 0 radical (unpaired) electrons. The molecule has 0 spiro atoms. The predicted octanol–water partition coefficient (Wildman–Crippen LogP) is 4.79. The van der Waals surface area contributed by atoms with Gasteiger partial charge in [-0.05, 0) is 60.2 Å². The highest BCUT2D eigenvalue weighted by Crippen LogP contribution is 2.36. The molecule has 0 unspecified atom stereocenters. The molecule has 1 aliphatic rings. The number of nitro groups is 1. The van der Waals surface area contributed by atoms with Crippen LogP contribution < -0.4 is 19.6 Å². The van der Waals surface area contributed by atoms with Crippen molar-refractivity contribution in [2.24, 2.45) is 4.99 Å². The summed E-state index contributed by atoms with van der Waals surface area (Å²) in [6.07, 6.45) is 4.80. The highest BCUT2D eigenvalue weighted by molar-refractivity contribution is 7.99. The normalized spacial score (nSPS) is 14.4. The van der Waals surface area contributed by atoms with Crippen LogP contribution in [0.25, 0.3) is 11.8 Å². The van der Waals surface area contributed by atoms with Crippen molar-refractivity contribution >= 4 is 46.5 Å². The van der Waals surface area contributed by atoms with Gasteiger partial charge in [-0.3, -0.25) is 19.5 Å². The van der Waals surface area contributed by atoms with Gasteiger partial charge < -0.3 is 9.47 Å². The Morgan fingerprint density at radius 3 is 2.57 bits per heavy atom. The molecule has 46 heavy (non-hydrogen) atoms. The average molecular weight is 652 g/mol. The zero-order valence-corrected chi connectivity index (χ0v) is 26.2. The number of hydrogen-bond donors (Lipinski definition) is 0. The number of carbonyl (C=O) groups excluding carboxylic acids is 1. The highest BCUT2D eigenvalue weighted by Gasteiger charge is 2.35. The fourth-order valence-electron chi connectivity index (χ4n) is 5.00. The lowest BCUT2D eigenvalue weighted by atomic mass is 9.93. The molecule has 230 valence electrons. The van der Waals surface area contributed by atoms with E-state index in [-0.39, 0.29) is 22.4 Å². The summed E-state index contributed by atoms with van der Waals surface area (Å²) in [7, 11) is 1.54. The summed E-state index contributed by atoms with van der Waals surface area (Å²) in [4.78, 5) is 53.5. The molecule has 11 nitrogen and oxygen atoms in total. The van der Waals surface area contributed by atoms with Gasteiger partial charge >= 0.3 is 5.97 Å². The second-order valence-electron chi connectivity index (χ2n) is 9.82. The lowest BCUT2D eigenvalue weighted by molar-refractivity contribution is -0.384. The maximum absolute atomic E-state index is 14.3. The van der Waals surface area contributed by atoms with Crippen LogP contribution in [0.5, 0.6) is 5.75 Å². The molecule has 5 aromatic rings. The van der Waals surface area contributed by atoms with E-state index in [1.165, 1.54) is 35.6 Å². The first-order chi connectivity index (χ1) is 22.4. The zero-order chi connectivity index (χ0) is 32.2. The van der Waals surface area contributed by atoms with Gasteiger partial charge in [0.05, 0.1) is 40.5 Å². The van der Waals surface area contributed by atoms with Crippen LogP contribution in [-0.2, 0) is 9.53 Å². The Morgan fingerprint density at radius 1 is 1.07 bits per heavy atom. The van der Waals surface area contributed by atoms with Gasteiger partial charge in [-0.1, -0.05) is 53.8 Å². The van der Waals surface area contributed by atoms with E-state index < -0.39 is 22.5 Å². The van der Waals surface area contributed by atoms with Crippen LogP contribution in [0, 0.1) is 10.1 Å². The van der Waals surface area contributed by atoms with E-state index in [0.29, 0.717) is 43.0 Å². The first kappa shape index (κ1) is 30.6. The molecule has 2 aromatic heterocycles. The molecule has 0 aliphatic carbocycles. The molecule has 1 aliphatic heterocycles. The van der Waals surface area contributed by atoms with Gasteiger partial charge in [-0.2, -0.15) is 0 Å². The molecule has 0 saturated heterocycles. The van der Waals surface area contributed by atoms with E-state index in [1.54, 1.807) is 55.7 Å². The van der Waals surface area contributed by atoms with Gasteiger partial charge in [0, 0.05) is 35.0 Å². The van der Waals surface area contributed by atoms with Crippen molar-refractivity contribution in [1.82, 2.24) is 14.5 Å². The maximum atomic E-state index is 14.3. The molecule has 0 bridgehead atoms. The lowest BCUT2D eigenvalue weighted by Gasteiger charge is -2.26. The van der Waals surface area contributed by atoms with Crippen molar-refractivity contribution < 1.29 is 19.2 Å². The number of ether oxygens (including phenoxy) is 2. The van der Waals surface area contributed by atoms with Gasteiger partial charge in [0.1, 0.15) is 5.75 Å². The summed E-state index contributed by atoms with van der Waals surface area (Å²) in [6.45, 7) is 1.84. The number of methoxy groups -OCH3 is 1. The fourth-order valence-corrected chi connectivity index (χ4v) is 6.79. The first-order valence-corrected chi connectivity index (χ1v) is 15.7. The van der Waals surface area contributed by atoms with E-state index in [4.69, 9.17) is 14.5 Å². The van der Waals surface area contributed by atoms with Crippen molar-refractivity contribution in [1.29, 1.82) is 0 Å². The van der Waals surface area contributed by atoms with Gasteiger partial charge in [0.15, 0.2) is 9.96 Å². The monoisotopic (exact) mass is 651 g/mol. The number of hydrogen-bond acceptors (Lipinski definition) is 11. The Kier molecular flexibility index (Phi) is 8.85. The van der Waals surface area contributed by atoms with Gasteiger partial charge in [0.2, 0.25) is 0 Å². The fraction of sp³-hybridized carbons (Fsp3) is 0.121. The topological polar surface area (TPSA) is 139 Å². The number of benzene rings is 3. The molecule has 3 aromatic carbocycles. The smallest absolute Gasteiger partial charge is 0.338 e. The number of fused-ring (bicyclic) bond motifs is 1. The van der Waals surface area contributed by atoms with E-state index in [9.17, 15) is 19.7 Å². The van der Waals surface area contributed by atoms with Crippen molar-refractivity contribution in [3.63, 3.8) is 0 Å². The van der Waals surface area contributed by atoms with Crippen LogP contribution in [0.4, 0.5) is 5.69 Å².